The highest BCUT2D eigenvalue weighted by molar-refractivity contribution is 5.55. The van der Waals surface area contributed by atoms with E-state index in [4.69, 9.17) is 9.47 Å². The van der Waals surface area contributed by atoms with Crippen molar-refractivity contribution in [3.05, 3.63) is 42.5 Å². The van der Waals surface area contributed by atoms with Crippen molar-refractivity contribution in [3.63, 3.8) is 0 Å². The van der Waals surface area contributed by atoms with Crippen LogP contribution in [0.1, 0.15) is 38.2 Å². The summed E-state index contributed by atoms with van der Waals surface area (Å²) in [6.07, 6.45) is 10.5. The number of benzene rings is 1. The van der Waals surface area contributed by atoms with Gasteiger partial charge >= 0.3 is 0 Å². The largest absolute Gasteiger partial charge is 0.504 e. The Kier molecular flexibility index (Phi) is 8.29. The third-order valence-corrected chi connectivity index (χ3v) is 3.28. The van der Waals surface area contributed by atoms with Gasteiger partial charge in [0.2, 0.25) is 0 Å². The SMILES string of the molecule is C=CC(CCCCC)OC/C=C/c1ccc(O)c(OC)c1. The molecule has 1 atom stereocenters. The second kappa shape index (κ2) is 10.1. The van der Waals surface area contributed by atoms with E-state index in [1.165, 1.54) is 26.4 Å². The zero-order valence-electron chi connectivity index (χ0n) is 13.0. The third-order valence-electron chi connectivity index (χ3n) is 3.28. The van der Waals surface area contributed by atoms with Crippen LogP contribution in [0.4, 0.5) is 0 Å². The first-order chi connectivity index (χ1) is 10.2. The normalized spacial score (nSPS) is 12.5. The van der Waals surface area contributed by atoms with Crippen LogP contribution in [0.25, 0.3) is 6.08 Å². The fourth-order valence-electron chi connectivity index (χ4n) is 2.03. The number of methoxy groups -OCH3 is 1. The minimum absolute atomic E-state index is 0.121. The molecule has 1 rings (SSSR count). The van der Waals surface area contributed by atoms with Crippen LogP contribution in [0.2, 0.25) is 0 Å². The summed E-state index contributed by atoms with van der Waals surface area (Å²) in [5, 5.41) is 9.53. The van der Waals surface area contributed by atoms with Gasteiger partial charge in [-0.25, -0.2) is 0 Å². The summed E-state index contributed by atoms with van der Waals surface area (Å²) in [6, 6.07) is 5.25. The topological polar surface area (TPSA) is 38.7 Å². The number of phenolic OH excluding ortho intramolecular Hbond substituents is 1. The first kappa shape index (κ1) is 17.3. The average molecular weight is 290 g/mol. The van der Waals surface area contributed by atoms with Crippen LogP contribution in [0.5, 0.6) is 11.5 Å². The highest BCUT2D eigenvalue weighted by Gasteiger charge is 2.03. The second-order valence-corrected chi connectivity index (χ2v) is 4.94. The van der Waals surface area contributed by atoms with Gasteiger partial charge in [-0.05, 0) is 24.1 Å². The highest BCUT2D eigenvalue weighted by Crippen LogP contribution is 2.26. The van der Waals surface area contributed by atoms with Gasteiger partial charge in [-0.3, -0.25) is 0 Å². The summed E-state index contributed by atoms with van der Waals surface area (Å²) in [5.41, 5.74) is 0.967. The van der Waals surface area contributed by atoms with Crippen LogP contribution in [0.3, 0.4) is 0 Å². The maximum absolute atomic E-state index is 9.53. The molecule has 0 fully saturated rings. The number of ether oxygens (including phenoxy) is 2. The van der Waals surface area contributed by atoms with Gasteiger partial charge in [0.1, 0.15) is 0 Å². The zero-order chi connectivity index (χ0) is 15.5. The highest BCUT2D eigenvalue weighted by atomic mass is 16.5. The number of unbranched alkanes of at least 4 members (excludes halogenated alkanes) is 2. The Balaban J connectivity index is 2.41. The van der Waals surface area contributed by atoms with E-state index < -0.39 is 0 Å². The Bertz CT molecular complexity index is 452. The van der Waals surface area contributed by atoms with Crippen molar-refractivity contribution < 1.29 is 14.6 Å². The summed E-state index contributed by atoms with van der Waals surface area (Å²) in [5.74, 6) is 0.621. The monoisotopic (exact) mass is 290 g/mol. The fraction of sp³-hybridized carbons (Fsp3) is 0.444. The Labute approximate surface area is 127 Å². The van der Waals surface area contributed by atoms with Gasteiger partial charge in [0.05, 0.1) is 19.8 Å². The lowest BCUT2D eigenvalue weighted by Crippen LogP contribution is -2.09. The molecule has 1 unspecified atom stereocenters. The average Bonchev–Trinajstić information content (AvgIpc) is 2.51. The molecular formula is C18H26O3. The van der Waals surface area contributed by atoms with Crippen molar-refractivity contribution in [2.24, 2.45) is 0 Å². The number of phenols is 1. The molecule has 1 aromatic carbocycles. The summed E-state index contributed by atoms with van der Waals surface area (Å²) in [6.45, 7) is 6.56. The molecule has 0 spiro atoms. The molecule has 0 bridgehead atoms. The predicted octanol–water partition coefficient (Wildman–Crippen LogP) is 4.57. The number of aromatic hydroxyl groups is 1. The number of rotatable bonds is 10. The summed E-state index contributed by atoms with van der Waals surface area (Å²) in [4.78, 5) is 0. The molecule has 0 aliphatic carbocycles. The minimum atomic E-state index is 0.121. The van der Waals surface area contributed by atoms with E-state index in [0.717, 1.165) is 12.0 Å². The Morgan fingerprint density at radius 2 is 2.14 bits per heavy atom. The fourth-order valence-corrected chi connectivity index (χ4v) is 2.03. The molecule has 21 heavy (non-hydrogen) atoms. The van der Waals surface area contributed by atoms with E-state index in [1.54, 1.807) is 12.1 Å². The standard InChI is InChI=1S/C18H26O3/c1-4-6-7-10-16(5-2)21-13-8-9-15-11-12-17(19)18(14-15)20-3/h5,8-9,11-12,14,16,19H,2,4,6-7,10,13H2,1,3H3/b9-8+. The lowest BCUT2D eigenvalue weighted by molar-refractivity contribution is 0.101. The van der Waals surface area contributed by atoms with Gasteiger partial charge in [0.15, 0.2) is 11.5 Å². The maximum atomic E-state index is 9.53. The van der Waals surface area contributed by atoms with Crippen molar-refractivity contribution >= 4 is 6.08 Å². The van der Waals surface area contributed by atoms with Crippen molar-refractivity contribution in [1.82, 2.24) is 0 Å². The van der Waals surface area contributed by atoms with E-state index in [-0.39, 0.29) is 11.9 Å². The van der Waals surface area contributed by atoms with Crippen LogP contribution < -0.4 is 4.74 Å². The van der Waals surface area contributed by atoms with Crippen LogP contribution in [0, 0.1) is 0 Å². The number of hydrogen-bond donors (Lipinski definition) is 1. The molecule has 0 aliphatic rings. The van der Waals surface area contributed by atoms with Gasteiger partial charge in [-0.15, -0.1) is 6.58 Å². The van der Waals surface area contributed by atoms with Crippen LogP contribution in [-0.4, -0.2) is 24.9 Å². The van der Waals surface area contributed by atoms with Crippen LogP contribution >= 0.6 is 0 Å². The van der Waals surface area contributed by atoms with E-state index in [1.807, 2.05) is 24.3 Å². The molecule has 3 nitrogen and oxygen atoms in total. The molecule has 0 saturated heterocycles. The molecule has 3 heteroatoms. The maximum Gasteiger partial charge on any atom is 0.161 e. The van der Waals surface area contributed by atoms with Gasteiger partial charge in [-0.2, -0.15) is 0 Å². The smallest absolute Gasteiger partial charge is 0.161 e. The quantitative estimate of drug-likeness (QED) is 0.507. The second-order valence-electron chi connectivity index (χ2n) is 4.94. The molecule has 0 aliphatic heterocycles. The minimum Gasteiger partial charge on any atom is -0.504 e. The summed E-state index contributed by atoms with van der Waals surface area (Å²) < 4.78 is 10.8. The Morgan fingerprint density at radius 3 is 2.81 bits per heavy atom. The van der Waals surface area contributed by atoms with Gasteiger partial charge in [0, 0.05) is 0 Å². The molecule has 0 aromatic heterocycles. The molecular weight excluding hydrogens is 264 g/mol. The van der Waals surface area contributed by atoms with E-state index >= 15 is 0 Å². The summed E-state index contributed by atoms with van der Waals surface area (Å²) in [7, 11) is 1.54. The number of hydrogen-bond acceptors (Lipinski definition) is 3. The lowest BCUT2D eigenvalue weighted by Gasteiger charge is -2.12. The van der Waals surface area contributed by atoms with E-state index in [9.17, 15) is 5.11 Å². The first-order valence-corrected chi connectivity index (χ1v) is 7.49. The van der Waals surface area contributed by atoms with Crippen molar-refractivity contribution in [2.75, 3.05) is 13.7 Å². The molecule has 0 amide bonds. The zero-order valence-corrected chi connectivity index (χ0v) is 13.0. The van der Waals surface area contributed by atoms with Gasteiger partial charge < -0.3 is 14.6 Å². The van der Waals surface area contributed by atoms with Crippen molar-refractivity contribution in [2.45, 2.75) is 38.7 Å². The molecule has 0 heterocycles. The van der Waals surface area contributed by atoms with Crippen molar-refractivity contribution in [3.8, 4) is 11.5 Å². The van der Waals surface area contributed by atoms with Crippen LogP contribution in [0.15, 0.2) is 36.9 Å². The molecule has 1 N–H and O–H groups in total. The molecule has 116 valence electrons. The van der Waals surface area contributed by atoms with Crippen molar-refractivity contribution in [1.29, 1.82) is 0 Å². The van der Waals surface area contributed by atoms with Crippen LogP contribution in [-0.2, 0) is 4.74 Å². The first-order valence-electron chi connectivity index (χ1n) is 7.49. The Hall–Kier alpha value is -1.74. The van der Waals surface area contributed by atoms with E-state index in [0.29, 0.717) is 12.4 Å². The predicted molar refractivity (Wildman–Crippen MR) is 87.8 cm³/mol. The molecule has 0 radical (unpaired) electrons. The van der Waals surface area contributed by atoms with Gasteiger partial charge in [-0.1, -0.05) is 50.5 Å². The lowest BCUT2D eigenvalue weighted by atomic mass is 10.1. The van der Waals surface area contributed by atoms with Gasteiger partial charge in [0.25, 0.3) is 0 Å². The Morgan fingerprint density at radius 1 is 1.33 bits per heavy atom. The van der Waals surface area contributed by atoms with E-state index in [2.05, 4.69) is 13.5 Å². The molecule has 0 saturated carbocycles. The third kappa shape index (κ3) is 6.50. The summed E-state index contributed by atoms with van der Waals surface area (Å²) >= 11 is 0. The molecule has 1 aromatic rings.